The van der Waals surface area contributed by atoms with Crippen molar-refractivity contribution in [1.29, 1.82) is 0 Å². The van der Waals surface area contributed by atoms with Crippen LogP contribution in [-0.2, 0) is 33.6 Å². The Hall–Kier alpha value is -4.61. The van der Waals surface area contributed by atoms with E-state index in [9.17, 15) is 38.7 Å². The fourth-order valence-corrected chi connectivity index (χ4v) is 7.91. The van der Waals surface area contributed by atoms with E-state index in [0.717, 1.165) is 19.3 Å². The van der Waals surface area contributed by atoms with Gasteiger partial charge in [0.05, 0.1) is 18.1 Å². The van der Waals surface area contributed by atoms with E-state index in [4.69, 9.17) is 28.7 Å². The molecule has 0 heterocycles. The molecule has 6 atom stereocenters. The van der Waals surface area contributed by atoms with Gasteiger partial charge in [-0.2, -0.15) is 0 Å². The average molecular weight is 935 g/mol. The number of Topliss-reactive ketones (excluding diaryl/α,β-unsaturated/α-hetero) is 3. The summed E-state index contributed by atoms with van der Waals surface area (Å²) >= 11 is 0. The number of rotatable bonds is 43. The predicted octanol–water partition coefficient (Wildman–Crippen LogP) is 4.81. The highest BCUT2D eigenvalue weighted by Crippen LogP contribution is 2.21. The van der Waals surface area contributed by atoms with Crippen LogP contribution in [0.25, 0.3) is 0 Å². The van der Waals surface area contributed by atoms with Crippen molar-refractivity contribution in [3.05, 3.63) is 0 Å². The van der Waals surface area contributed by atoms with E-state index < -0.39 is 59.9 Å². The highest BCUT2D eigenvalue weighted by atomic mass is 16.4. The summed E-state index contributed by atoms with van der Waals surface area (Å²) < 4.78 is 0. The van der Waals surface area contributed by atoms with Crippen LogP contribution in [0.15, 0.2) is 9.98 Å². The highest BCUT2D eigenvalue weighted by molar-refractivity contribution is 5.96. The molecule has 14 N–H and O–H groups in total. The Morgan fingerprint density at radius 1 is 0.545 bits per heavy atom. The first kappa shape index (κ1) is 61.4. The van der Waals surface area contributed by atoms with Crippen LogP contribution in [-0.4, -0.2) is 95.8 Å². The van der Waals surface area contributed by atoms with E-state index in [2.05, 4.69) is 32.9 Å². The molecule has 380 valence electrons. The van der Waals surface area contributed by atoms with Crippen LogP contribution in [0.5, 0.6) is 0 Å². The minimum atomic E-state index is -1.30. The Kier molecular flexibility index (Phi) is 35.8. The predicted molar refractivity (Wildman–Crippen MR) is 262 cm³/mol. The van der Waals surface area contributed by atoms with Gasteiger partial charge in [-0.15, -0.1) is 0 Å². The number of carbonyl (C=O) groups is 7. The summed E-state index contributed by atoms with van der Waals surface area (Å²) in [5.74, 6) is -6.14. The molecule has 0 radical (unpaired) electrons. The number of nitrogens with two attached hydrogens (primary N) is 5. The van der Waals surface area contributed by atoms with Crippen molar-refractivity contribution in [3.63, 3.8) is 0 Å². The van der Waals surface area contributed by atoms with Gasteiger partial charge in [0.25, 0.3) is 0 Å². The number of aliphatic carboxylic acids is 1. The zero-order valence-electron chi connectivity index (χ0n) is 41.1. The molecule has 18 heteroatoms. The normalized spacial score (nSPS) is 13.8. The van der Waals surface area contributed by atoms with Crippen molar-refractivity contribution in [2.24, 2.45) is 56.4 Å². The number of nitrogens with zero attached hydrogens (tertiary/aromatic N) is 2. The van der Waals surface area contributed by atoms with E-state index in [1.54, 1.807) is 0 Å². The fourth-order valence-electron chi connectivity index (χ4n) is 7.91. The van der Waals surface area contributed by atoms with Crippen molar-refractivity contribution in [3.8, 4) is 0 Å². The third kappa shape index (κ3) is 31.3. The largest absolute Gasteiger partial charge is 0.481 e. The molecule has 0 saturated heterocycles. The van der Waals surface area contributed by atoms with E-state index >= 15 is 0 Å². The first-order valence-corrected chi connectivity index (χ1v) is 25.0. The van der Waals surface area contributed by atoms with Crippen LogP contribution >= 0.6 is 0 Å². The summed E-state index contributed by atoms with van der Waals surface area (Å²) in [4.78, 5) is 101. The number of amides is 3. The van der Waals surface area contributed by atoms with Gasteiger partial charge in [0.15, 0.2) is 29.3 Å². The van der Waals surface area contributed by atoms with Crippen molar-refractivity contribution in [1.82, 2.24) is 16.0 Å². The van der Waals surface area contributed by atoms with Crippen LogP contribution in [0.4, 0.5) is 0 Å². The molecule has 0 aliphatic heterocycles. The number of hydrogen-bond donors (Lipinski definition) is 9. The average Bonchev–Trinajstić information content (AvgIpc) is 3.26. The highest BCUT2D eigenvalue weighted by Gasteiger charge is 2.33. The molecule has 0 aliphatic rings. The van der Waals surface area contributed by atoms with Crippen molar-refractivity contribution in [2.75, 3.05) is 19.6 Å². The molecule has 0 aliphatic carbocycles. The van der Waals surface area contributed by atoms with Gasteiger partial charge >= 0.3 is 5.97 Å². The zero-order chi connectivity index (χ0) is 49.7. The van der Waals surface area contributed by atoms with E-state index in [0.29, 0.717) is 45.1 Å². The van der Waals surface area contributed by atoms with Gasteiger partial charge in [0.2, 0.25) is 17.7 Å². The monoisotopic (exact) mass is 935 g/mol. The molecule has 0 spiro atoms. The van der Waals surface area contributed by atoms with Crippen molar-refractivity contribution >= 4 is 53.0 Å². The number of carboxylic acids is 1. The Labute approximate surface area is 395 Å². The number of unbranched alkanes of at least 4 members (excludes halogenated alkanes) is 13. The van der Waals surface area contributed by atoms with Crippen LogP contribution in [0.3, 0.4) is 0 Å². The van der Waals surface area contributed by atoms with Crippen LogP contribution in [0.1, 0.15) is 195 Å². The molecule has 0 rings (SSSR count). The lowest BCUT2D eigenvalue weighted by Gasteiger charge is -2.26. The summed E-state index contributed by atoms with van der Waals surface area (Å²) in [7, 11) is 0. The number of guanidine groups is 2. The molecule has 0 bridgehead atoms. The number of carboxylic acid groups (broad SMARTS) is 1. The van der Waals surface area contributed by atoms with Gasteiger partial charge in [0.1, 0.15) is 0 Å². The smallest absolute Gasteiger partial charge is 0.303 e. The molecule has 0 fully saturated rings. The van der Waals surface area contributed by atoms with Crippen LogP contribution < -0.4 is 44.6 Å². The lowest BCUT2D eigenvalue weighted by Crippen LogP contribution is -2.49. The van der Waals surface area contributed by atoms with E-state index in [-0.39, 0.29) is 93.3 Å². The van der Waals surface area contributed by atoms with Gasteiger partial charge in [-0.1, -0.05) is 111 Å². The molecule has 66 heavy (non-hydrogen) atoms. The second kappa shape index (κ2) is 38.5. The molecule has 0 aromatic heterocycles. The van der Waals surface area contributed by atoms with Gasteiger partial charge in [-0.3, -0.25) is 43.5 Å². The third-order valence-corrected chi connectivity index (χ3v) is 12.1. The number of hydrogen-bond acceptors (Lipinski definition) is 10. The Morgan fingerprint density at radius 3 is 1.45 bits per heavy atom. The summed E-state index contributed by atoms with van der Waals surface area (Å²) in [5.41, 5.74) is 27.7. The maximum atomic E-state index is 14.1. The minimum absolute atomic E-state index is 0.0998. The lowest BCUT2D eigenvalue weighted by molar-refractivity contribution is -0.139. The standard InChI is InChI=1S/C48H90N10O8/c1-5-7-8-9-10-11-12-13-14-15-16-17-18-26-42(62)56-38(25-22-31-55-48(52)53)40(60)32-36(23-19-20-29-49)45(65)57-39(27-28-43(63)64)41(61)33-37(24-21-30-54-47(50)51)46(66)58-44(35(4)59)34(3)6-2/h34,36-39,44H,5-33,49H2,1-4H3,(H,56,62)(H,57,65)(H,58,66)(H,63,64)(H4,50,51,54)(H4,52,53,55)/t34-,36+,37+,38?,39-,44-/m0/s1. The third-order valence-electron chi connectivity index (χ3n) is 12.1. The summed E-state index contributed by atoms with van der Waals surface area (Å²) in [6.45, 7) is 8.09. The van der Waals surface area contributed by atoms with Crippen LogP contribution in [0.2, 0.25) is 0 Å². The first-order valence-electron chi connectivity index (χ1n) is 25.0. The SMILES string of the molecule is CCCCCCCCCCCCCCCC(=O)NC(CCCN=C(N)N)C(=O)C[C@@H](CCCCN)C(=O)N[C@@H](CCC(=O)O)C(=O)C[C@@H](CCCN=C(N)N)C(=O)N[C@H](C(C)=O)[C@@H](C)CC. The van der Waals surface area contributed by atoms with Gasteiger partial charge in [-0.05, 0) is 70.8 Å². The summed E-state index contributed by atoms with van der Waals surface area (Å²) in [6, 6.07) is -3.01. The maximum absolute atomic E-state index is 14.1. The lowest BCUT2D eigenvalue weighted by atomic mass is 9.88. The first-order chi connectivity index (χ1) is 31.5. The summed E-state index contributed by atoms with van der Waals surface area (Å²) in [5, 5.41) is 18.0. The summed E-state index contributed by atoms with van der Waals surface area (Å²) in [6.07, 6.45) is 17.1. The van der Waals surface area contributed by atoms with E-state index in [1.807, 2.05) is 13.8 Å². The number of carbonyl (C=O) groups excluding carboxylic acids is 6. The van der Waals surface area contributed by atoms with Gasteiger partial charge in [-0.25, -0.2) is 0 Å². The fraction of sp³-hybridized carbons (Fsp3) is 0.812. The molecular formula is C48H90N10O8. The quantitative estimate of drug-likeness (QED) is 0.0226. The molecular weight excluding hydrogens is 845 g/mol. The number of nitrogens with one attached hydrogen (secondary N) is 3. The van der Waals surface area contributed by atoms with Crippen LogP contribution in [0, 0.1) is 17.8 Å². The second-order valence-corrected chi connectivity index (χ2v) is 18.0. The van der Waals surface area contributed by atoms with E-state index in [1.165, 1.54) is 64.7 Å². The molecule has 18 nitrogen and oxygen atoms in total. The number of ketones is 3. The minimum Gasteiger partial charge on any atom is -0.481 e. The van der Waals surface area contributed by atoms with Gasteiger partial charge < -0.3 is 49.7 Å². The zero-order valence-corrected chi connectivity index (χ0v) is 41.1. The Morgan fingerprint density at radius 2 is 1.00 bits per heavy atom. The molecule has 3 amide bonds. The number of aliphatic imine (C=N–C) groups is 2. The molecule has 0 aromatic carbocycles. The topological polar surface area (TPSA) is 331 Å². The molecule has 1 unspecified atom stereocenters. The van der Waals surface area contributed by atoms with Gasteiger partial charge in [0, 0.05) is 50.6 Å². The maximum Gasteiger partial charge on any atom is 0.303 e. The molecule has 0 saturated carbocycles. The van der Waals surface area contributed by atoms with Crippen molar-refractivity contribution in [2.45, 2.75) is 213 Å². The Balaban J connectivity index is 6.05. The second-order valence-electron chi connectivity index (χ2n) is 18.0. The Bertz CT molecular complexity index is 1480. The molecule has 0 aromatic rings. The van der Waals surface area contributed by atoms with Crippen molar-refractivity contribution < 1.29 is 38.7 Å².